The summed E-state index contributed by atoms with van der Waals surface area (Å²) in [7, 11) is 0. The molecule has 2 rings (SSSR count). The molecule has 0 fully saturated rings. The minimum atomic E-state index is -0.929. The summed E-state index contributed by atoms with van der Waals surface area (Å²) in [5.41, 5.74) is 0.486. The van der Waals surface area contributed by atoms with Crippen LogP contribution in [-0.2, 0) is 17.8 Å². The predicted molar refractivity (Wildman–Crippen MR) is 64.2 cm³/mol. The molecule has 1 aromatic carbocycles. The van der Waals surface area contributed by atoms with Crippen LogP contribution < -0.4 is 4.74 Å². The van der Waals surface area contributed by atoms with Crippen LogP contribution >= 0.6 is 11.3 Å². The lowest BCUT2D eigenvalue weighted by Crippen LogP contribution is -2.01. The lowest BCUT2D eigenvalue weighted by Gasteiger charge is -2.04. The second-order valence-electron chi connectivity index (χ2n) is 3.52. The molecule has 94 valence electrons. The van der Waals surface area contributed by atoms with Gasteiger partial charge in [0, 0.05) is 5.38 Å². The number of thiazole rings is 1. The van der Waals surface area contributed by atoms with Crippen molar-refractivity contribution in [2.45, 2.75) is 13.0 Å². The van der Waals surface area contributed by atoms with Gasteiger partial charge in [-0.1, -0.05) is 12.1 Å². The van der Waals surface area contributed by atoms with E-state index in [9.17, 15) is 9.18 Å². The Labute approximate surface area is 107 Å². The van der Waals surface area contributed by atoms with Gasteiger partial charge in [-0.05, 0) is 12.1 Å². The highest BCUT2D eigenvalue weighted by molar-refractivity contribution is 7.09. The highest BCUT2D eigenvalue weighted by Crippen LogP contribution is 2.18. The molecule has 1 N–H and O–H groups in total. The number of ether oxygens (including phenoxy) is 1. The van der Waals surface area contributed by atoms with Gasteiger partial charge in [-0.3, -0.25) is 4.79 Å². The lowest BCUT2D eigenvalue weighted by atomic mass is 10.3. The molecular formula is C12H10FNO3S. The molecule has 0 aliphatic rings. The number of aromatic nitrogens is 1. The van der Waals surface area contributed by atoms with E-state index in [0.29, 0.717) is 10.7 Å². The fourth-order valence-corrected chi connectivity index (χ4v) is 2.06. The number of hydrogen-bond donors (Lipinski definition) is 1. The van der Waals surface area contributed by atoms with E-state index in [2.05, 4.69) is 4.98 Å². The monoisotopic (exact) mass is 267 g/mol. The second kappa shape index (κ2) is 5.59. The molecule has 0 amide bonds. The smallest absolute Gasteiger partial charge is 0.309 e. The number of para-hydroxylation sites is 1. The van der Waals surface area contributed by atoms with Gasteiger partial charge in [0.2, 0.25) is 0 Å². The largest absolute Gasteiger partial charge is 0.483 e. The third-order valence-corrected chi connectivity index (χ3v) is 2.99. The average molecular weight is 267 g/mol. The van der Waals surface area contributed by atoms with E-state index in [0.717, 1.165) is 0 Å². The van der Waals surface area contributed by atoms with Crippen molar-refractivity contribution in [1.29, 1.82) is 0 Å². The van der Waals surface area contributed by atoms with Crippen molar-refractivity contribution in [3.8, 4) is 5.75 Å². The van der Waals surface area contributed by atoms with E-state index in [1.54, 1.807) is 17.5 Å². The Balaban J connectivity index is 1.96. The predicted octanol–water partition coefficient (Wildman–Crippen LogP) is 2.49. The summed E-state index contributed by atoms with van der Waals surface area (Å²) < 4.78 is 18.5. The maximum Gasteiger partial charge on any atom is 0.309 e. The maximum absolute atomic E-state index is 13.2. The molecule has 0 bridgehead atoms. The van der Waals surface area contributed by atoms with E-state index in [4.69, 9.17) is 9.84 Å². The van der Waals surface area contributed by atoms with Gasteiger partial charge >= 0.3 is 5.97 Å². The summed E-state index contributed by atoms with van der Waals surface area (Å²) in [6.45, 7) is 0.130. The number of nitrogens with zero attached hydrogens (tertiary/aromatic N) is 1. The van der Waals surface area contributed by atoms with Crippen LogP contribution in [0.2, 0.25) is 0 Å². The summed E-state index contributed by atoms with van der Waals surface area (Å²) in [5, 5.41) is 10.9. The Hall–Kier alpha value is -1.95. The van der Waals surface area contributed by atoms with Crippen molar-refractivity contribution in [2.24, 2.45) is 0 Å². The van der Waals surface area contributed by atoms with Crippen molar-refractivity contribution in [2.75, 3.05) is 0 Å². The molecule has 0 aliphatic carbocycles. The van der Waals surface area contributed by atoms with Gasteiger partial charge in [-0.15, -0.1) is 11.3 Å². The quantitative estimate of drug-likeness (QED) is 0.904. The van der Waals surface area contributed by atoms with E-state index in [1.807, 2.05) is 0 Å². The van der Waals surface area contributed by atoms with Crippen LogP contribution in [0.25, 0.3) is 0 Å². The molecule has 18 heavy (non-hydrogen) atoms. The first-order chi connectivity index (χ1) is 8.65. The van der Waals surface area contributed by atoms with Crippen LogP contribution in [0.1, 0.15) is 10.7 Å². The molecule has 0 spiro atoms. The topological polar surface area (TPSA) is 59.4 Å². The number of carbonyl (C=O) groups is 1. The molecule has 0 saturated heterocycles. The summed E-state index contributed by atoms with van der Waals surface area (Å²) in [4.78, 5) is 14.6. The molecule has 1 aromatic heterocycles. The molecule has 0 atom stereocenters. The van der Waals surface area contributed by atoms with Gasteiger partial charge in [-0.25, -0.2) is 9.37 Å². The highest BCUT2D eigenvalue weighted by atomic mass is 32.1. The van der Waals surface area contributed by atoms with Crippen LogP contribution in [-0.4, -0.2) is 16.1 Å². The first-order valence-corrected chi connectivity index (χ1v) is 6.05. The van der Waals surface area contributed by atoms with Gasteiger partial charge < -0.3 is 9.84 Å². The Bertz CT molecular complexity index is 556. The number of hydrogen-bond acceptors (Lipinski definition) is 4. The van der Waals surface area contributed by atoms with Crippen LogP contribution in [0.4, 0.5) is 4.39 Å². The molecule has 0 unspecified atom stereocenters. The minimum Gasteiger partial charge on any atom is -0.483 e. The van der Waals surface area contributed by atoms with E-state index in [1.165, 1.54) is 23.5 Å². The van der Waals surface area contributed by atoms with Crippen molar-refractivity contribution >= 4 is 17.3 Å². The molecule has 0 aliphatic heterocycles. The summed E-state index contributed by atoms with van der Waals surface area (Å²) in [5.74, 6) is -1.20. The van der Waals surface area contributed by atoms with Crippen LogP contribution in [0.5, 0.6) is 5.75 Å². The number of aliphatic carboxylic acids is 1. The molecule has 1 heterocycles. The van der Waals surface area contributed by atoms with Gasteiger partial charge in [0.1, 0.15) is 11.6 Å². The lowest BCUT2D eigenvalue weighted by molar-refractivity contribution is -0.136. The zero-order chi connectivity index (χ0) is 13.0. The average Bonchev–Trinajstić information content (AvgIpc) is 2.75. The summed E-state index contributed by atoms with van der Waals surface area (Å²) >= 11 is 1.29. The third kappa shape index (κ3) is 3.27. The van der Waals surface area contributed by atoms with E-state index < -0.39 is 11.8 Å². The number of carboxylic acid groups (broad SMARTS) is 1. The number of carboxylic acids is 1. The number of benzene rings is 1. The molecule has 2 aromatic rings. The summed E-state index contributed by atoms with van der Waals surface area (Å²) in [6, 6.07) is 6.10. The molecular weight excluding hydrogens is 257 g/mol. The normalized spacial score (nSPS) is 10.3. The minimum absolute atomic E-state index is 0.115. The first kappa shape index (κ1) is 12.5. The van der Waals surface area contributed by atoms with E-state index in [-0.39, 0.29) is 18.8 Å². The molecule has 6 heteroatoms. The van der Waals surface area contributed by atoms with Crippen LogP contribution in [0.3, 0.4) is 0 Å². The molecule has 0 saturated carbocycles. The van der Waals surface area contributed by atoms with Crippen molar-refractivity contribution in [1.82, 2.24) is 4.98 Å². The van der Waals surface area contributed by atoms with Crippen LogP contribution in [0, 0.1) is 5.82 Å². The number of halogens is 1. The van der Waals surface area contributed by atoms with Gasteiger partial charge in [-0.2, -0.15) is 0 Å². The summed E-state index contributed by atoms with van der Waals surface area (Å²) in [6.07, 6.45) is -0.115. The SMILES string of the molecule is O=C(O)Cc1csc(COc2ccccc2F)n1. The van der Waals surface area contributed by atoms with Gasteiger partial charge in [0.05, 0.1) is 12.1 Å². The number of rotatable bonds is 5. The zero-order valence-electron chi connectivity index (χ0n) is 9.30. The highest BCUT2D eigenvalue weighted by Gasteiger charge is 2.08. The first-order valence-electron chi connectivity index (χ1n) is 5.17. The Morgan fingerprint density at radius 2 is 2.22 bits per heavy atom. The molecule has 0 radical (unpaired) electrons. The Morgan fingerprint density at radius 3 is 2.94 bits per heavy atom. The van der Waals surface area contributed by atoms with Gasteiger partial charge in [0.15, 0.2) is 11.6 Å². The fraction of sp³-hybridized carbons (Fsp3) is 0.167. The van der Waals surface area contributed by atoms with Crippen molar-refractivity contribution in [3.05, 3.63) is 46.2 Å². The zero-order valence-corrected chi connectivity index (χ0v) is 10.1. The Kier molecular flexibility index (Phi) is 3.88. The van der Waals surface area contributed by atoms with Crippen molar-refractivity contribution < 1.29 is 19.0 Å². The fourth-order valence-electron chi connectivity index (χ4n) is 1.35. The van der Waals surface area contributed by atoms with Crippen molar-refractivity contribution in [3.63, 3.8) is 0 Å². The Morgan fingerprint density at radius 1 is 1.44 bits per heavy atom. The molecule has 4 nitrogen and oxygen atoms in total. The van der Waals surface area contributed by atoms with E-state index >= 15 is 0 Å². The maximum atomic E-state index is 13.2. The standard InChI is InChI=1S/C12H10FNO3S/c13-9-3-1-2-4-10(9)17-6-11-14-8(7-18-11)5-12(15)16/h1-4,7H,5-6H2,(H,15,16). The third-order valence-electron chi connectivity index (χ3n) is 2.12. The second-order valence-corrected chi connectivity index (χ2v) is 4.46. The van der Waals surface area contributed by atoms with Gasteiger partial charge in [0.25, 0.3) is 0 Å². The van der Waals surface area contributed by atoms with Crippen LogP contribution in [0.15, 0.2) is 29.6 Å².